The van der Waals surface area contributed by atoms with E-state index in [0.29, 0.717) is 41.7 Å². The second-order valence-electron chi connectivity index (χ2n) is 9.35. The van der Waals surface area contributed by atoms with Gasteiger partial charge >= 0.3 is 5.97 Å². The fourth-order valence-electron chi connectivity index (χ4n) is 4.68. The first-order chi connectivity index (χ1) is 15.2. The van der Waals surface area contributed by atoms with Crippen molar-refractivity contribution in [2.45, 2.75) is 46.0 Å². The minimum atomic E-state index is -0.570. The highest BCUT2D eigenvalue weighted by molar-refractivity contribution is 6.04. The number of rotatable bonds is 5. The summed E-state index contributed by atoms with van der Waals surface area (Å²) in [5.41, 5.74) is 4.16. The first-order valence-electron chi connectivity index (χ1n) is 11.0. The lowest BCUT2D eigenvalue weighted by Crippen LogP contribution is -2.38. The molecule has 1 atom stereocenters. The van der Waals surface area contributed by atoms with Crippen LogP contribution >= 0.6 is 0 Å². The van der Waals surface area contributed by atoms with E-state index in [4.69, 9.17) is 4.74 Å². The number of carbonyl (C=O) groups excluding carboxylic acids is 2. The smallest absolute Gasteiger partial charge is 0.336 e. The number of ketones is 1. The second-order valence-corrected chi connectivity index (χ2v) is 9.35. The number of hydrogen-bond acceptors (Lipinski definition) is 4. The van der Waals surface area contributed by atoms with Crippen LogP contribution in [0.2, 0.25) is 0 Å². The minimum Gasteiger partial charge on any atom is -0.462 e. The molecule has 166 valence electrons. The normalized spacial score (nSPS) is 20.0. The Morgan fingerprint density at radius 2 is 1.78 bits per heavy atom. The Bertz CT molecular complexity index is 1100. The molecule has 32 heavy (non-hydrogen) atoms. The highest BCUT2D eigenvalue weighted by Gasteiger charge is 2.43. The van der Waals surface area contributed by atoms with E-state index in [1.165, 1.54) is 12.1 Å². The van der Waals surface area contributed by atoms with E-state index in [1.54, 1.807) is 12.1 Å². The molecule has 0 unspecified atom stereocenters. The zero-order valence-electron chi connectivity index (χ0n) is 18.7. The van der Waals surface area contributed by atoms with Crippen LogP contribution in [0, 0.1) is 11.2 Å². The number of allylic oxidation sites excluding steroid dienone is 3. The molecule has 1 aliphatic heterocycles. The van der Waals surface area contributed by atoms with Crippen LogP contribution in [0.25, 0.3) is 0 Å². The number of hydrogen-bond donors (Lipinski definition) is 1. The highest BCUT2D eigenvalue weighted by atomic mass is 19.1. The molecule has 0 amide bonds. The Kier molecular flexibility index (Phi) is 6.00. The highest BCUT2D eigenvalue weighted by Crippen LogP contribution is 2.46. The van der Waals surface area contributed by atoms with E-state index >= 15 is 0 Å². The SMILES string of the molecule is CC1=C(C(=O)OCCc2ccccc2)[C@H](c2ccc(F)cc2)C2=C(CC(C)(C)CC2=O)N1. The minimum absolute atomic E-state index is 0.0140. The van der Waals surface area contributed by atoms with Crippen LogP contribution in [0.5, 0.6) is 0 Å². The van der Waals surface area contributed by atoms with Gasteiger partial charge in [-0.05, 0) is 42.0 Å². The van der Waals surface area contributed by atoms with Crippen LogP contribution in [-0.4, -0.2) is 18.4 Å². The van der Waals surface area contributed by atoms with Crippen molar-refractivity contribution in [3.8, 4) is 0 Å². The van der Waals surface area contributed by atoms with Gasteiger partial charge in [-0.3, -0.25) is 4.79 Å². The zero-order chi connectivity index (χ0) is 22.9. The fraction of sp³-hybridized carbons (Fsp3) is 0.333. The quantitative estimate of drug-likeness (QED) is 0.657. The van der Waals surface area contributed by atoms with Gasteiger partial charge < -0.3 is 10.1 Å². The number of nitrogens with one attached hydrogen (secondary N) is 1. The summed E-state index contributed by atoms with van der Waals surface area (Å²) in [6.45, 7) is 6.20. The first-order valence-corrected chi connectivity index (χ1v) is 11.0. The average Bonchev–Trinajstić information content (AvgIpc) is 2.73. The lowest BCUT2D eigenvalue weighted by atomic mass is 9.68. The third-order valence-corrected chi connectivity index (χ3v) is 6.13. The fourth-order valence-corrected chi connectivity index (χ4v) is 4.68. The van der Waals surface area contributed by atoms with Crippen LogP contribution in [0.15, 0.2) is 77.1 Å². The molecular weight excluding hydrogens is 405 g/mol. The predicted octanol–water partition coefficient (Wildman–Crippen LogP) is 5.22. The van der Waals surface area contributed by atoms with Gasteiger partial charge in [-0.2, -0.15) is 0 Å². The van der Waals surface area contributed by atoms with Crippen LogP contribution in [0.4, 0.5) is 4.39 Å². The van der Waals surface area contributed by atoms with Gasteiger partial charge in [-0.25, -0.2) is 9.18 Å². The van der Waals surface area contributed by atoms with E-state index in [1.807, 2.05) is 37.3 Å². The maximum absolute atomic E-state index is 13.6. The molecule has 4 rings (SSSR count). The zero-order valence-corrected chi connectivity index (χ0v) is 18.7. The Labute approximate surface area is 188 Å². The maximum atomic E-state index is 13.6. The molecule has 2 aromatic rings. The molecule has 2 aliphatic rings. The molecule has 1 heterocycles. The van der Waals surface area contributed by atoms with Gasteiger partial charge in [-0.15, -0.1) is 0 Å². The molecule has 4 nitrogen and oxygen atoms in total. The van der Waals surface area contributed by atoms with Gasteiger partial charge in [0.1, 0.15) is 5.82 Å². The molecule has 0 saturated carbocycles. The topological polar surface area (TPSA) is 55.4 Å². The van der Waals surface area contributed by atoms with Crippen molar-refractivity contribution in [1.82, 2.24) is 5.32 Å². The molecule has 0 saturated heterocycles. The number of Topliss-reactive ketones (excluding diaryl/α,β-unsaturated/α-hetero) is 1. The predicted molar refractivity (Wildman–Crippen MR) is 121 cm³/mol. The standard InChI is InChI=1S/C27H28FNO3/c1-17-23(26(31)32-14-13-18-7-5-4-6-8-18)24(19-9-11-20(28)12-10-19)25-21(29-17)15-27(2,3)16-22(25)30/h4-12,24,29H,13-16H2,1-3H3/t24-/m0/s1. The van der Waals surface area contributed by atoms with Crippen molar-refractivity contribution in [3.63, 3.8) is 0 Å². The Morgan fingerprint density at radius 3 is 2.47 bits per heavy atom. The number of esters is 1. The number of benzene rings is 2. The van der Waals surface area contributed by atoms with Gasteiger partial charge in [0, 0.05) is 35.7 Å². The lowest BCUT2D eigenvalue weighted by Gasteiger charge is -2.39. The van der Waals surface area contributed by atoms with Crippen LogP contribution in [0.1, 0.15) is 50.7 Å². The first kappa shape index (κ1) is 22.0. The summed E-state index contributed by atoms with van der Waals surface area (Å²) in [5.74, 6) is -1.37. The van der Waals surface area contributed by atoms with Crippen molar-refractivity contribution in [1.29, 1.82) is 0 Å². The number of ether oxygens (including phenoxy) is 1. The number of dihydropyridines is 1. The van der Waals surface area contributed by atoms with Crippen molar-refractivity contribution >= 4 is 11.8 Å². The molecule has 0 spiro atoms. The molecule has 2 aromatic carbocycles. The number of carbonyl (C=O) groups is 2. The average molecular weight is 434 g/mol. The van der Waals surface area contributed by atoms with Crippen molar-refractivity contribution in [2.24, 2.45) is 5.41 Å². The maximum Gasteiger partial charge on any atom is 0.336 e. The van der Waals surface area contributed by atoms with Gasteiger partial charge in [-0.1, -0.05) is 56.3 Å². The summed E-state index contributed by atoms with van der Waals surface area (Å²) >= 11 is 0. The summed E-state index contributed by atoms with van der Waals surface area (Å²) in [4.78, 5) is 26.5. The number of halogens is 1. The summed E-state index contributed by atoms with van der Waals surface area (Å²) in [5, 5.41) is 3.32. The Morgan fingerprint density at radius 1 is 1.09 bits per heavy atom. The van der Waals surface area contributed by atoms with E-state index in [-0.39, 0.29) is 23.6 Å². The molecule has 5 heteroatoms. The Hall–Kier alpha value is -3.21. The van der Waals surface area contributed by atoms with E-state index in [9.17, 15) is 14.0 Å². The third-order valence-electron chi connectivity index (χ3n) is 6.13. The van der Waals surface area contributed by atoms with Crippen LogP contribution in [-0.2, 0) is 20.7 Å². The molecular formula is C27H28FNO3. The molecule has 0 bridgehead atoms. The molecule has 0 radical (unpaired) electrons. The summed E-state index contributed by atoms with van der Waals surface area (Å²) in [7, 11) is 0. The lowest BCUT2D eigenvalue weighted by molar-refractivity contribution is -0.139. The third kappa shape index (κ3) is 4.52. The molecule has 1 aliphatic carbocycles. The monoisotopic (exact) mass is 433 g/mol. The van der Waals surface area contributed by atoms with Crippen LogP contribution in [0.3, 0.4) is 0 Å². The van der Waals surface area contributed by atoms with Crippen LogP contribution < -0.4 is 5.32 Å². The molecule has 0 aromatic heterocycles. The van der Waals surface area contributed by atoms with Gasteiger partial charge in [0.2, 0.25) is 0 Å². The van der Waals surface area contributed by atoms with Gasteiger partial charge in [0.15, 0.2) is 5.78 Å². The largest absolute Gasteiger partial charge is 0.462 e. The van der Waals surface area contributed by atoms with E-state index < -0.39 is 11.9 Å². The van der Waals surface area contributed by atoms with E-state index in [2.05, 4.69) is 19.2 Å². The summed E-state index contributed by atoms with van der Waals surface area (Å²) < 4.78 is 19.3. The van der Waals surface area contributed by atoms with Crippen molar-refractivity contribution in [3.05, 3.63) is 94.1 Å². The Balaban J connectivity index is 1.66. The summed E-state index contributed by atoms with van der Waals surface area (Å²) in [6, 6.07) is 15.8. The summed E-state index contributed by atoms with van der Waals surface area (Å²) in [6.07, 6.45) is 1.72. The molecule has 0 fully saturated rings. The molecule has 1 N–H and O–H groups in total. The second kappa shape index (κ2) is 8.73. The van der Waals surface area contributed by atoms with E-state index in [0.717, 1.165) is 11.3 Å². The van der Waals surface area contributed by atoms with Gasteiger partial charge in [0.25, 0.3) is 0 Å². The van der Waals surface area contributed by atoms with Crippen molar-refractivity contribution in [2.75, 3.05) is 6.61 Å². The van der Waals surface area contributed by atoms with Crippen molar-refractivity contribution < 1.29 is 18.7 Å². The van der Waals surface area contributed by atoms with Gasteiger partial charge in [0.05, 0.1) is 12.2 Å².